The predicted octanol–water partition coefficient (Wildman–Crippen LogP) is 2.13. The standard InChI is InChI=1S/C13H14N2O2/c1-8-2-3-12-11(4-8)9(6-14-12)5-10-7-17-13(16)15-10/h2-4,6,10,14H,5,7H2,1H3,(H,15,16). The first kappa shape index (κ1) is 10.2. The average molecular weight is 230 g/mol. The lowest BCUT2D eigenvalue weighted by molar-refractivity contribution is 0.177. The number of cyclic esters (lactones) is 1. The van der Waals surface area contributed by atoms with E-state index in [1.807, 2.05) is 6.20 Å². The van der Waals surface area contributed by atoms with Crippen LogP contribution in [0, 0.1) is 6.92 Å². The van der Waals surface area contributed by atoms with Crippen molar-refractivity contribution in [3.63, 3.8) is 0 Å². The van der Waals surface area contributed by atoms with Crippen LogP contribution >= 0.6 is 0 Å². The summed E-state index contributed by atoms with van der Waals surface area (Å²) in [6.45, 7) is 2.54. The number of ether oxygens (including phenoxy) is 1. The second kappa shape index (κ2) is 3.80. The molecule has 1 aliphatic heterocycles. The van der Waals surface area contributed by atoms with Gasteiger partial charge in [-0.1, -0.05) is 11.6 Å². The molecular weight excluding hydrogens is 216 g/mol. The van der Waals surface area contributed by atoms with Crippen LogP contribution in [0.5, 0.6) is 0 Å². The smallest absolute Gasteiger partial charge is 0.407 e. The summed E-state index contributed by atoms with van der Waals surface area (Å²) < 4.78 is 4.89. The fourth-order valence-electron chi connectivity index (χ4n) is 2.26. The Balaban J connectivity index is 1.90. The Labute approximate surface area is 99.0 Å². The van der Waals surface area contributed by atoms with E-state index in [1.54, 1.807) is 0 Å². The molecule has 1 saturated heterocycles. The zero-order valence-corrected chi connectivity index (χ0v) is 9.62. The van der Waals surface area contributed by atoms with E-state index in [9.17, 15) is 4.79 Å². The number of carbonyl (C=O) groups excluding carboxylic acids is 1. The highest BCUT2D eigenvalue weighted by atomic mass is 16.6. The van der Waals surface area contributed by atoms with Crippen LogP contribution in [0.3, 0.4) is 0 Å². The molecule has 2 aromatic rings. The van der Waals surface area contributed by atoms with Crippen LogP contribution in [-0.4, -0.2) is 23.7 Å². The topological polar surface area (TPSA) is 54.1 Å². The molecule has 0 aliphatic carbocycles. The Bertz CT molecular complexity index is 574. The highest BCUT2D eigenvalue weighted by Gasteiger charge is 2.23. The number of alkyl carbamates (subject to hydrolysis) is 1. The van der Waals surface area contributed by atoms with Crippen LogP contribution in [0.25, 0.3) is 10.9 Å². The van der Waals surface area contributed by atoms with Gasteiger partial charge in [0.1, 0.15) is 6.61 Å². The van der Waals surface area contributed by atoms with Gasteiger partial charge in [-0.25, -0.2) is 4.79 Å². The summed E-state index contributed by atoms with van der Waals surface area (Å²) >= 11 is 0. The van der Waals surface area contributed by atoms with Gasteiger partial charge in [-0.3, -0.25) is 0 Å². The SMILES string of the molecule is Cc1ccc2[nH]cc(CC3COC(=O)N3)c2c1. The van der Waals surface area contributed by atoms with Crippen molar-refractivity contribution < 1.29 is 9.53 Å². The van der Waals surface area contributed by atoms with Crippen LogP contribution in [0.15, 0.2) is 24.4 Å². The van der Waals surface area contributed by atoms with Crippen molar-refractivity contribution in [1.29, 1.82) is 0 Å². The second-order valence-corrected chi connectivity index (χ2v) is 4.51. The quantitative estimate of drug-likeness (QED) is 0.830. The molecule has 88 valence electrons. The molecular formula is C13H14N2O2. The Morgan fingerprint density at radius 3 is 3.12 bits per heavy atom. The van der Waals surface area contributed by atoms with Crippen molar-refractivity contribution >= 4 is 17.0 Å². The molecule has 4 heteroatoms. The van der Waals surface area contributed by atoms with Gasteiger partial charge >= 0.3 is 6.09 Å². The summed E-state index contributed by atoms with van der Waals surface area (Å²) in [5.74, 6) is 0. The number of aryl methyl sites for hydroxylation is 1. The minimum absolute atomic E-state index is 0.0852. The van der Waals surface area contributed by atoms with Gasteiger partial charge < -0.3 is 15.0 Å². The van der Waals surface area contributed by atoms with Crippen LogP contribution < -0.4 is 5.32 Å². The van der Waals surface area contributed by atoms with Crippen LogP contribution in [0.2, 0.25) is 0 Å². The van der Waals surface area contributed by atoms with Gasteiger partial charge in [0.05, 0.1) is 6.04 Å². The van der Waals surface area contributed by atoms with Crippen LogP contribution in [-0.2, 0) is 11.2 Å². The number of benzene rings is 1. The summed E-state index contributed by atoms with van der Waals surface area (Å²) in [7, 11) is 0. The molecule has 4 nitrogen and oxygen atoms in total. The molecule has 0 saturated carbocycles. The fraction of sp³-hybridized carbons (Fsp3) is 0.308. The molecule has 1 amide bonds. The summed E-state index contributed by atoms with van der Waals surface area (Å²) in [4.78, 5) is 14.2. The molecule has 3 rings (SSSR count). The monoisotopic (exact) mass is 230 g/mol. The molecule has 1 unspecified atom stereocenters. The molecule has 17 heavy (non-hydrogen) atoms. The Morgan fingerprint density at radius 2 is 2.35 bits per heavy atom. The zero-order chi connectivity index (χ0) is 11.8. The largest absolute Gasteiger partial charge is 0.447 e. The Hall–Kier alpha value is -1.97. The molecule has 0 spiro atoms. The van der Waals surface area contributed by atoms with E-state index < -0.39 is 0 Å². The average Bonchev–Trinajstić information content (AvgIpc) is 2.87. The first-order valence-electron chi connectivity index (χ1n) is 5.72. The summed E-state index contributed by atoms with van der Waals surface area (Å²) in [5, 5.41) is 4.02. The van der Waals surface area contributed by atoms with Gasteiger partial charge in [-0.05, 0) is 31.0 Å². The van der Waals surface area contributed by atoms with E-state index in [1.165, 1.54) is 16.5 Å². The maximum atomic E-state index is 11.0. The molecule has 1 aliphatic rings. The maximum Gasteiger partial charge on any atom is 0.407 e. The van der Waals surface area contributed by atoms with Crippen molar-refractivity contribution in [2.24, 2.45) is 0 Å². The molecule has 1 fully saturated rings. The molecule has 1 atom stereocenters. The van der Waals surface area contributed by atoms with Crippen molar-refractivity contribution in [2.75, 3.05) is 6.61 Å². The lowest BCUT2D eigenvalue weighted by Crippen LogP contribution is -2.28. The lowest BCUT2D eigenvalue weighted by atomic mass is 10.0. The van der Waals surface area contributed by atoms with Crippen molar-refractivity contribution in [2.45, 2.75) is 19.4 Å². The van der Waals surface area contributed by atoms with E-state index in [-0.39, 0.29) is 12.1 Å². The Morgan fingerprint density at radius 1 is 1.47 bits per heavy atom. The number of nitrogens with one attached hydrogen (secondary N) is 2. The number of amides is 1. The van der Waals surface area contributed by atoms with Gasteiger partial charge in [0.2, 0.25) is 0 Å². The number of hydrogen-bond acceptors (Lipinski definition) is 2. The van der Waals surface area contributed by atoms with Gasteiger partial charge in [0.15, 0.2) is 0 Å². The first-order valence-corrected chi connectivity index (χ1v) is 5.72. The molecule has 2 N–H and O–H groups in total. The Kier molecular flexibility index (Phi) is 2.28. The number of aromatic amines is 1. The minimum Gasteiger partial charge on any atom is -0.447 e. The van der Waals surface area contributed by atoms with Gasteiger partial charge in [-0.2, -0.15) is 0 Å². The molecule has 1 aromatic heterocycles. The number of fused-ring (bicyclic) bond motifs is 1. The van der Waals surface area contributed by atoms with E-state index in [4.69, 9.17) is 4.74 Å². The lowest BCUT2D eigenvalue weighted by Gasteiger charge is -2.05. The highest BCUT2D eigenvalue weighted by molar-refractivity contribution is 5.84. The zero-order valence-electron chi connectivity index (χ0n) is 9.62. The second-order valence-electron chi connectivity index (χ2n) is 4.51. The number of carbonyl (C=O) groups is 1. The van der Waals surface area contributed by atoms with Crippen molar-refractivity contribution in [3.05, 3.63) is 35.5 Å². The minimum atomic E-state index is -0.314. The van der Waals surface area contributed by atoms with Crippen molar-refractivity contribution in [3.8, 4) is 0 Å². The van der Waals surface area contributed by atoms with Gasteiger partial charge in [-0.15, -0.1) is 0 Å². The summed E-state index contributed by atoms with van der Waals surface area (Å²) in [6, 6.07) is 6.42. The third-order valence-corrected chi connectivity index (χ3v) is 3.13. The van der Waals surface area contributed by atoms with E-state index in [0.717, 1.165) is 11.9 Å². The van der Waals surface area contributed by atoms with Crippen molar-refractivity contribution in [1.82, 2.24) is 10.3 Å². The molecule has 0 radical (unpaired) electrons. The number of aromatic nitrogens is 1. The summed E-state index contributed by atoms with van der Waals surface area (Å²) in [5.41, 5.74) is 3.60. The van der Waals surface area contributed by atoms with Gasteiger partial charge in [0.25, 0.3) is 0 Å². The highest BCUT2D eigenvalue weighted by Crippen LogP contribution is 2.21. The molecule has 0 bridgehead atoms. The normalized spacial score (nSPS) is 19.4. The number of hydrogen-bond donors (Lipinski definition) is 2. The maximum absolute atomic E-state index is 11.0. The predicted molar refractivity (Wildman–Crippen MR) is 65.0 cm³/mol. The number of rotatable bonds is 2. The number of H-pyrrole nitrogens is 1. The summed E-state index contributed by atoms with van der Waals surface area (Å²) in [6.07, 6.45) is 2.50. The first-order chi connectivity index (χ1) is 8.22. The van der Waals surface area contributed by atoms with Gasteiger partial charge in [0, 0.05) is 17.1 Å². The van der Waals surface area contributed by atoms with E-state index >= 15 is 0 Å². The van der Waals surface area contributed by atoms with Crippen LogP contribution in [0.1, 0.15) is 11.1 Å². The fourth-order valence-corrected chi connectivity index (χ4v) is 2.26. The van der Waals surface area contributed by atoms with E-state index in [2.05, 4.69) is 35.4 Å². The third-order valence-electron chi connectivity index (χ3n) is 3.13. The molecule has 2 heterocycles. The van der Waals surface area contributed by atoms with Crippen LogP contribution in [0.4, 0.5) is 4.79 Å². The molecule has 1 aromatic carbocycles. The third kappa shape index (κ3) is 1.86. The van der Waals surface area contributed by atoms with E-state index in [0.29, 0.717) is 6.61 Å².